The van der Waals surface area contributed by atoms with Gasteiger partial charge in [0.1, 0.15) is 0 Å². The summed E-state index contributed by atoms with van der Waals surface area (Å²) in [5.74, 6) is 0. The van der Waals surface area contributed by atoms with E-state index in [2.05, 4.69) is 4.99 Å². The van der Waals surface area contributed by atoms with Gasteiger partial charge in [-0.15, -0.1) is 0 Å². The molecule has 0 bridgehead atoms. The minimum absolute atomic E-state index is 0.0977. The monoisotopic (exact) mass is 232 g/mol. The molecule has 9 heteroatoms. The molecule has 0 aromatic heterocycles. The van der Waals surface area contributed by atoms with Gasteiger partial charge in [0.05, 0.1) is 0 Å². The van der Waals surface area contributed by atoms with Crippen molar-refractivity contribution in [2.24, 2.45) is 4.99 Å². The summed E-state index contributed by atoms with van der Waals surface area (Å²) in [5.41, 5.74) is -0.684. The second-order valence-electron chi connectivity index (χ2n) is 2.29. The Hall–Kier alpha value is 0.130. The van der Waals surface area contributed by atoms with Crippen LogP contribution in [-0.4, -0.2) is 42.6 Å². The molecule has 7 nitrogen and oxygen atoms in total. The maximum absolute atomic E-state index is 10.6. The lowest BCUT2D eigenvalue weighted by atomic mass is 10.7. The molecule has 0 rings (SSSR count). The minimum Gasteiger partial charge on any atom is -0.320 e. The zero-order valence-electron chi connectivity index (χ0n) is 6.90. The normalized spacial score (nSPS) is 14.8. The molecule has 5 N–H and O–H groups in total. The van der Waals surface area contributed by atoms with Gasteiger partial charge in [0.15, 0.2) is 11.6 Å². The highest BCUT2D eigenvalue weighted by Crippen LogP contribution is 2.50. The van der Waals surface area contributed by atoms with Crippen LogP contribution in [0, 0.1) is 0 Å². The average molecular weight is 232 g/mol. The Bertz CT molecular complexity index is 240. The standard InChI is InChI=1S/C4H11NO6P2/c1-2-5-4(13(9,10)11)3-12(6,7)8/h6-8H,2-3H2,1H3,(H-,9,10,11)/p+1. The zero-order valence-corrected chi connectivity index (χ0v) is 8.69. The first-order valence-corrected chi connectivity index (χ1v) is 6.77. The molecule has 0 spiro atoms. The summed E-state index contributed by atoms with van der Waals surface area (Å²) in [4.78, 5) is 46.4. The third-order valence-corrected chi connectivity index (χ3v) is 2.98. The molecule has 0 aliphatic heterocycles. The molecule has 0 unspecified atom stereocenters. The van der Waals surface area contributed by atoms with Crippen LogP contribution >= 0.6 is 15.5 Å². The molecule has 0 aromatic carbocycles. The topological polar surface area (TPSA) is 131 Å². The molecular formula is C4H12NO6P2+. The van der Waals surface area contributed by atoms with E-state index in [1.54, 1.807) is 0 Å². The Morgan fingerprint density at radius 2 is 1.85 bits per heavy atom. The molecule has 0 heterocycles. The van der Waals surface area contributed by atoms with Crippen LogP contribution in [0.15, 0.2) is 4.99 Å². The first kappa shape index (κ1) is 13.1. The molecule has 0 aliphatic carbocycles. The summed E-state index contributed by atoms with van der Waals surface area (Å²) in [6.07, 6.45) is -0.884. The molecule has 0 aromatic rings. The SMILES string of the molecule is CCN=C(C[P+](O)(O)O)P(=O)(O)O. The van der Waals surface area contributed by atoms with Gasteiger partial charge >= 0.3 is 15.5 Å². The van der Waals surface area contributed by atoms with Gasteiger partial charge in [-0.2, -0.15) is 14.7 Å². The largest absolute Gasteiger partial charge is 0.410 e. The summed E-state index contributed by atoms with van der Waals surface area (Å²) in [5, 5.41) is 0. The Kier molecular flexibility index (Phi) is 4.62. The molecule has 0 radical (unpaired) electrons. The van der Waals surface area contributed by atoms with Crippen molar-refractivity contribution in [1.82, 2.24) is 0 Å². The second kappa shape index (κ2) is 4.57. The maximum atomic E-state index is 10.6. The number of aliphatic imine (C=N–C) groups is 1. The number of hydrogen-bond donors (Lipinski definition) is 5. The lowest BCUT2D eigenvalue weighted by Crippen LogP contribution is -2.10. The van der Waals surface area contributed by atoms with Gasteiger partial charge < -0.3 is 9.79 Å². The van der Waals surface area contributed by atoms with Crippen molar-refractivity contribution in [2.75, 3.05) is 12.7 Å². The maximum Gasteiger partial charge on any atom is 0.410 e. The lowest BCUT2D eigenvalue weighted by Gasteiger charge is -2.08. The van der Waals surface area contributed by atoms with Gasteiger partial charge in [0, 0.05) is 6.54 Å². The van der Waals surface area contributed by atoms with E-state index >= 15 is 0 Å². The average Bonchev–Trinajstić information content (AvgIpc) is 1.81. The summed E-state index contributed by atoms with van der Waals surface area (Å²) in [6.45, 7) is 1.63. The smallest absolute Gasteiger partial charge is 0.320 e. The highest BCUT2D eigenvalue weighted by Gasteiger charge is 2.39. The third kappa shape index (κ3) is 6.23. The van der Waals surface area contributed by atoms with Gasteiger partial charge in [0.25, 0.3) is 0 Å². The van der Waals surface area contributed by atoms with E-state index in [4.69, 9.17) is 24.5 Å². The summed E-state index contributed by atoms with van der Waals surface area (Å²) in [7, 11) is -8.81. The molecule has 0 fully saturated rings. The fourth-order valence-corrected chi connectivity index (χ4v) is 2.72. The molecule has 0 atom stereocenters. The van der Waals surface area contributed by atoms with Crippen molar-refractivity contribution in [3.63, 3.8) is 0 Å². The van der Waals surface area contributed by atoms with Crippen LogP contribution in [0.4, 0.5) is 0 Å². The van der Waals surface area contributed by atoms with Crippen molar-refractivity contribution < 1.29 is 29.0 Å². The van der Waals surface area contributed by atoms with Crippen LogP contribution in [0.2, 0.25) is 0 Å². The van der Waals surface area contributed by atoms with E-state index in [1.165, 1.54) is 6.92 Å². The Balaban J connectivity index is 4.67. The van der Waals surface area contributed by atoms with E-state index < -0.39 is 27.2 Å². The predicted octanol–water partition coefficient (Wildman–Crippen LogP) is -0.678. The van der Waals surface area contributed by atoms with Gasteiger partial charge in [-0.25, -0.2) is 0 Å². The van der Waals surface area contributed by atoms with Crippen LogP contribution in [0.5, 0.6) is 0 Å². The van der Waals surface area contributed by atoms with E-state index in [9.17, 15) is 4.57 Å². The van der Waals surface area contributed by atoms with E-state index in [1.807, 2.05) is 0 Å². The number of rotatable bonds is 4. The molecule has 0 aliphatic rings. The Morgan fingerprint density at radius 1 is 1.38 bits per heavy atom. The second-order valence-corrected chi connectivity index (χ2v) is 5.59. The van der Waals surface area contributed by atoms with Crippen molar-refractivity contribution in [3.8, 4) is 0 Å². The van der Waals surface area contributed by atoms with Crippen molar-refractivity contribution in [3.05, 3.63) is 0 Å². The van der Waals surface area contributed by atoms with Crippen LogP contribution < -0.4 is 0 Å². The van der Waals surface area contributed by atoms with Crippen molar-refractivity contribution in [1.29, 1.82) is 0 Å². The van der Waals surface area contributed by atoms with E-state index in [-0.39, 0.29) is 6.54 Å². The highest BCUT2D eigenvalue weighted by molar-refractivity contribution is 7.74. The van der Waals surface area contributed by atoms with Crippen LogP contribution in [0.3, 0.4) is 0 Å². The highest BCUT2D eigenvalue weighted by atomic mass is 31.2. The fraction of sp³-hybridized carbons (Fsp3) is 0.750. The number of hydrogen-bond acceptors (Lipinski definition) is 5. The van der Waals surface area contributed by atoms with E-state index in [0.717, 1.165) is 0 Å². The molecule has 0 saturated carbocycles. The van der Waals surface area contributed by atoms with Gasteiger partial charge in [-0.3, -0.25) is 9.56 Å². The third-order valence-electron chi connectivity index (χ3n) is 1.03. The van der Waals surface area contributed by atoms with Crippen LogP contribution in [0.1, 0.15) is 6.92 Å². The molecule has 0 amide bonds. The molecule has 0 saturated heterocycles. The molecule has 13 heavy (non-hydrogen) atoms. The number of nitrogens with zero attached hydrogens (tertiary/aromatic N) is 1. The lowest BCUT2D eigenvalue weighted by molar-refractivity contribution is 0.335. The summed E-state index contributed by atoms with van der Waals surface area (Å²) >= 11 is 0. The molecular weight excluding hydrogens is 220 g/mol. The summed E-state index contributed by atoms with van der Waals surface area (Å²) in [6, 6.07) is 0. The van der Waals surface area contributed by atoms with Crippen LogP contribution in [-0.2, 0) is 4.57 Å². The van der Waals surface area contributed by atoms with Crippen LogP contribution in [0.25, 0.3) is 0 Å². The van der Waals surface area contributed by atoms with Gasteiger partial charge in [-0.1, -0.05) is 0 Å². The minimum atomic E-state index is -4.59. The van der Waals surface area contributed by atoms with E-state index in [0.29, 0.717) is 0 Å². The van der Waals surface area contributed by atoms with Gasteiger partial charge in [0.2, 0.25) is 0 Å². The Labute approximate surface area is 75.5 Å². The Morgan fingerprint density at radius 3 is 2.08 bits per heavy atom. The van der Waals surface area contributed by atoms with Gasteiger partial charge in [-0.05, 0) is 6.92 Å². The first-order valence-electron chi connectivity index (χ1n) is 3.32. The zero-order chi connectivity index (χ0) is 10.7. The first-order chi connectivity index (χ1) is 5.67. The summed E-state index contributed by atoms with van der Waals surface area (Å²) < 4.78 is 10.6. The molecule has 78 valence electrons. The fourth-order valence-electron chi connectivity index (χ4n) is 0.606. The predicted molar refractivity (Wildman–Crippen MR) is 48.5 cm³/mol. The van der Waals surface area contributed by atoms with Crippen molar-refractivity contribution in [2.45, 2.75) is 6.92 Å². The quantitative estimate of drug-likeness (QED) is 0.322. The van der Waals surface area contributed by atoms with Crippen molar-refractivity contribution >= 4 is 21.0 Å².